The van der Waals surface area contributed by atoms with Gasteiger partial charge in [-0.1, -0.05) is 6.07 Å². The Morgan fingerprint density at radius 3 is 2.55 bits per heavy atom. The quantitative estimate of drug-likeness (QED) is 0.907. The first-order valence-corrected chi connectivity index (χ1v) is 5.51. The number of carbonyl (C=O) groups is 1. The number of aromatic carboxylic acids is 1. The third-order valence-electron chi connectivity index (χ3n) is 2.65. The number of aromatic nitrogens is 1. The Labute approximate surface area is 111 Å². The molecule has 0 bridgehead atoms. The van der Waals surface area contributed by atoms with Crippen molar-refractivity contribution in [1.29, 1.82) is 0 Å². The number of halogens is 3. The molecule has 0 spiro atoms. The maximum absolute atomic E-state index is 13.8. The molecule has 0 fully saturated rings. The number of carboxylic acid groups (broad SMARTS) is 1. The van der Waals surface area contributed by atoms with Gasteiger partial charge in [0.25, 0.3) is 0 Å². The van der Waals surface area contributed by atoms with Crippen molar-refractivity contribution in [3.63, 3.8) is 0 Å². The molecule has 0 amide bonds. The van der Waals surface area contributed by atoms with Crippen LogP contribution in [0.4, 0.5) is 24.7 Å². The number of pyridine rings is 1. The maximum Gasteiger partial charge on any atom is 0.338 e. The van der Waals surface area contributed by atoms with E-state index in [0.717, 1.165) is 18.3 Å². The van der Waals surface area contributed by atoms with Gasteiger partial charge in [-0.05, 0) is 24.6 Å². The van der Waals surface area contributed by atoms with Crippen molar-refractivity contribution >= 4 is 17.5 Å². The highest BCUT2D eigenvalue weighted by molar-refractivity contribution is 5.89. The van der Waals surface area contributed by atoms with E-state index in [1.54, 1.807) is 0 Å². The first-order chi connectivity index (χ1) is 9.41. The standard InChI is InChI=1S/C13H9F3N2O2/c1-6-2-3-8(14)11(9(6)15)18-12-10(16)7(13(19)20)4-5-17-12/h2-5H,1H3,(H,17,18)(H,19,20). The summed E-state index contributed by atoms with van der Waals surface area (Å²) in [4.78, 5) is 14.3. The summed E-state index contributed by atoms with van der Waals surface area (Å²) in [6.45, 7) is 1.41. The van der Waals surface area contributed by atoms with Gasteiger partial charge in [0.15, 0.2) is 17.5 Å². The van der Waals surface area contributed by atoms with Gasteiger partial charge >= 0.3 is 5.97 Å². The van der Waals surface area contributed by atoms with Gasteiger partial charge in [0.05, 0.1) is 0 Å². The van der Waals surface area contributed by atoms with Gasteiger partial charge < -0.3 is 10.4 Å². The number of hydrogen-bond donors (Lipinski definition) is 2. The van der Waals surface area contributed by atoms with Crippen molar-refractivity contribution in [2.24, 2.45) is 0 Å². The summed E-state index contributed by atoms with van der Waals surface area (Å²) < 4.78 is 41.1. The second-order valence-corrected chi connectivity index (χ2v) is 4.00. The van der Waals surface area contributed by atoms with Gasteiger partial charge in [0.1, 0.15) is 17.1 Å². The van der Waals surface area contributed by atoms with Crippen LogP contribution in [0.1, 0.15) is 15.9 Å². The lowest BCUT2D eigenvalue weighted by atomic mass is 10.2. The van der Waals surface area contributed by atoms with E-state index in [-0.39, 0.29) is 5.56 Å². The zero-order valence-corrected chi connectivity index (χ0v) is 10.2. The van der Waals surface area contributed by atoms with Crippen LogP contribution in [0.2, 0.25) is 0 Å². The first-order valence-electron chi connectivity index (χ1n) is 5.51. The first kappa shape index (κ1) is 13.9. The molecule has 0 saturated carbocycles. The predicted octanol–water partition coefficient (Wildman–Crippen LogP) is 3.25. The normalized spacial score (nSPS) is 10.4. The van der Waals surface area contributed by atoms with E-state index in [0.29, 0.717) is 0 Å². The molecule has 20 heavy (non-hydrogen) atoms. The molecule has 7 heteroatoms. The van der Waals surface area contributed by atoms with Crippen LogP contribution in [0, 0.1) is 24.4 Å². The van der Waals surface area contributed by atoms with E-state index < -0.39 is 40.5 Å². The SMILES string of the molecule is Cc1ccc(F)c(Nc2nccc(C(=O)O)c2F)c1F. The summed E-state index contributed by atoms with van der Waals surface area (Å²) >= 11 is 0. The van der Waals surface area contributed by atoms with Gasteiger partial charge in [-0.15, -0.1) is 0 Å². The van der Waals surface area contributed by atoms with Crippen LogP contribution < -0.4 is 5.32 Å². The van der Waals surface area contributed by atoms with Crippen molar-refractivity contribution < 1.29 is 23.1 Å². The minimum absolute atomic E-state index is 0.156. The van der Waals surface area contributed by atoms with Crippen LogP contribution in [0.15, 0.2) is 24.4 Å². The third-order valence-corrected chi connectivity index (χ3v) is 2.65. The molecule has 1 aromatic heterocycles. The Morgan fingerprint density at radius 1 is 1.20 bits per heavy atom. The number of benzene rings is 1. The average molecular weight is 282 g/mol. The number of carboxylic acids is 1. The minimum atomic E-state index is -1.50. The molecule has 0 unspecified atom stereocenters. The van der Waals surface area contributed by atoms with E-state index in [4.69, 9.17) is 5.11 Å². The summed E-state index contributed by atoms with van der Waals surface area (Å²) in [5, 5.41) is 10.9. The third kappa shape index (κ3) is 2.42. The highest BCUT2D eigenvalue weighted by Crippen LogP contribution is 2.26. The van der Waals surface area contributed by atoms with Crippen molar-refractivity contribution in [1.82, 2.24) is 4.98 Å². The second kappa shape index (κ2) is 5.20. The van der Waals surface area contributed by atoms with E-state index in [2.05, 4.69) is 10.3 Å². The molecule has 104 valence electrons. The minimum Gasteiger partial charge on any atom is -0.478 e. The molecule has 4 nitrogen and oxygen atoms in total. The Balaban J connectivity index is 2.49. The number of aryl methyl sites for hydroxylation is 1. The highest BCUT2D eigenvalue weighted by Gasteiger charge is 2.18. The van der Waals surface area contributed by atoms with Crippen molar-refractivity contribution in [3.8, 4) is 0 Å². The topological polar surface area (TPSA) is 62.2 Å². The molecular formula is C13H9F3N2O2. The fraction of sp³-hybridized carbons (Fsp3) is 0.0769. The summed E-state index contributed by atoms with van der Waals surface area (Å²) in [7, 11) is 0. The van der Waals surface area contributed by atoms with E-state index in [1.165, 1.54) is 13.0 Å². The van der Waals surface area contributed by atoms with Gasteiger partial charge in [-0.3, -0.25) is 0 Å². The monoisotopic (exact) mass is 282 g/mol. The van der Waals surface area contributed by atoms with E-state index in [9.17, 15) is 18.0 Å². The zero-order valence-electron chi connectivity index (χ0n) is 10.2. The Bertz CT molecular complexity index is 690. The lowest BCUT2D eigenvalue weighted by Gasteiger charge is -2.11. The average Bonchev–Trinajstić information content (AvgIpc) is 2.40. The van der Waals surface area contributed by atoms with Crippen LogP contribution >= 0.6 is 0 Å². The molecule has 0 aliphatic rings. The Morgan fingerprint density at radius 2 is 1.90 bits per heavy atom. The lowest BCUT2D eigenvalue weighted by Crippen LogP contribution is -2.07. The molecule has 0 aliphatic heterocycles. The van der Waals surface area contributed by atoms with Crippen molar-refractivity contribution in [2.75, 3.05) is 5.32 Å². The molecule has 0 saturated heterocycles. The highest BCUT2D eigenvalue weighted by atomic mass is 19.1. The molecule has 0 aliphatic carbocycles. The molecule has 0 atom stereocenters. The largest absolute Gasteiger partial charge is 0.478 e. The van der Waals surface area contributed by atoms with Crippen molar-refractivity contribution in [3.05, 3.63) is 53.0 Å². The van der Waals surface area contributed by atoms with Crippen LogP contribution in [0.25, 0.3) is 0 Å². The summed E-state index contributed by atoms with van der Waals surface area (Å²) in [6, 6.07) is 3.19. The Kier molecular flexibility index (Phi) is 3.60. The molecule has 0 radical (unpaired) electrons. The molecule has 2 N–H and O–H groups in total. The van der Waals surface area contributed by atoms with Crippen LogP contribution in [-0.2, 0) is 0 Å². The summed E-state index contributed by atoms with van der Waals surface area (Å²) in [5.74, 6) is -5.09. The zero-order chi connectivity index (χ0) is 14.9. The maximum atomic E-state index is 13.8. The molecule has 2 aromatic rings. The second-order valence-electron chi connectivity index (χ2n) is 4.00. The van der Waals surface area contributed by atoms with E-state index >= 15 is 0 Å². The van der Waals surface area contributed by atoms with Crippen LogP contribution in [0.3, 0.4) is 0 Å². The van der Waals surface area contributed by atoms with Crippen LogP contribution in [-0.4, -0.2) is 16.1 Å². The fourth-order valence-electron chi connectivity index (χ4n) is 1.59. The Hall–Kier alpha value is -2.57. The summed E-state index contributed by atoms with van der Waals surface area (Å²) in [6.07, 6.45) is 1.03. The lowest BCUT2D eigenvalue weighted by molar-refractivity contribution is 0.0692. The number of nitrogens with one attached hydrogen (secondary N) is 1. The fourth-order valence-corrected chi connectivity index (χ4v) is 1.59. The summed E-state index contributed by atoms with van der Waals surface area (Å²) in [5.41, 5.74) is -1.07. The number of rotatable bonds is 3. The van der Waals surface area contributed by atoms with Gasteiger partial charge in [-0.25, -0.2) is 22.9 Å². The molecule has 2 rings (SSSR count). The van der Waals surface area contributed by atoms with E-state index in [1.807, 2.05) is 0 Å². The van der Waals surface area contributed by atoms with Gasteiger partial charge in [-0.2, -0.15) is 0 Å². The number of anilines is 2. The smallest absolute Gasteiger partial charge is 0.338 e. The van der Waals surface area contributed by atoms with Crippen LogP contribution in [0.5, 0.6) is 0 Å². The van der Waals surface area contributed by atoms with Gasteiger partial charge in [0, 0.05) is 6.20 Å². The van der Waals surface area contributed by atoms with Crippen molar-refractivity contribution in [2.45, 2.75) is 6.92 Å². The van der Waals surface area contributed by atoms with Gasteiger partial charge in [0.2, 0.25) is 0 Å². The molecule has 1 aromatic carbocycles. The molecular weight excluding hydrogens is 273 g/mol. The number of nitrogens with zero attached hydrogens (tertiary/aromatic N) is 1. The number of hydrogen-bond acceptors (Lipinski definition) is 3. The molecule has 1 heterocycles. The predicted molar refractivity (Wildman–Crippen MR) is 65.5 cm³/mol.